The molecule has 1 aromatic carbocycles. The minimum Gasteiger partial charge on any atom is -0.381 e. The van der Waals surface area contributed by atoms with Crippen molar-refractivity contribution in [2.45, 2.75) is 50.9 Å². The van der Waals surface area contributed by atoms with E-state index in [1.165, 1.54) is 0 Å². The van der Waals surface area contributed by atoms with Crippen molar-refractivity contribution >= 4 is 27.7 Å². The Hall–Kier alpha value is -2.92. The van der Waals surface area contributed by atoms with Gasteiger partial charge in [0.1, 0.15) is 6.61 Å². The number of H-pyrrole nitrogens is 1. The molecular weight excluding hydrogens is 465 g/mol. The zero-order valence-electron chi connectivity index (χ0n) is 19.4. The number of fused-ring (bicyclic) bond motifs is 3. The number of aromatic amines is 1. The molecule has 35 heavy (non-hydrogen) atoms. The second kappa shape index (κ2) is 9.27. The maximum absolute atomic E-state index is 13.4. The van der Waals surface area contributed by atoms with E-state index in [2.05, 4.69) is 10.1 Å². The smallest absolute Gasteiger partial charge is 0.381 e. The molecule has 0 saturated carbocycles. The van der Waals surface area contributed by atoms with Crippen molar-refractivity contribution in [3.63, 3.8) is 0 Å². The number of carbonyl (C=O) groups excluding carboxylic acids is 1. The number of hydrogen-bond acceptors (Lipinski definition) is 5. The summed E-state index contributed by atoms with van der Waals surface area (Å²) < 4.78 is 49.7. The number of carbonyl (C=O) groups is 1. The highest BCUT2D eigenvalue weighted by atomic mass is 19.4. The largest absolute Gasteiger partial charge is 0.411 e. The number of aryl methyl sites for hydroxylation is 1. The summed E-state index contributed by atoms with van der Waals surface area (Å²) in [4.78, 5) is 30.7. The normalized spacial score (nSPS) is 18.6. The van der Waals surface area contributed by atoms with Crippen LogP contribution in [-0.4, -0.2) is 70.8 Å². The number of rotatable bonds is 4. The van der Waals surface area contributed by atoms with Gasteiger partial charge in [0.2, 0.25) is 0 Å². The molecule has 2 aliphatic heterocycles. The van der Waals surface area contributed by atoms with Gasteiger partial charge in [0.15, 0.2) is 0 Å². The van der Waals surface area contributed by atoms with Gasteiger partial charge in [-0.1, -0.05) is 0 Å². The lowest BCUT2D eigenvalue weighted by Crippen LogP contribution is -2.41. The van der Waals surface area contributed by atoms with Crippen LogP contribution in [0.3, 0.4) is 0 Å². The van der Waals surface area contributed by atoms with Crippen LogP contribution >= 0.6 is 0 Å². The van der Waals surface area contributed by atoms with Crippen molar-refractivity contribution < 1.29 is 27.4 Å². The molecule has 1 amide bonds. The first-order chi connectivity index (χ1) is 16.7. The molecule has 4 heterocycles. The van der Waals surface area contributed by atoms with Gasteiger partial charge in [0.25, 0.3) is 11.5 Å². The molecule has 8 nitrogen and oxygen atoms in total. The third-order valence-electron chi connectivity index (χ3n) is 6.89. The van der Waals surface area contributed by atoms with Crippen LogP contribution in [0.5, 0.6) is 0 Å². The molecule has 2 saturated heterocycles. The van der Waals surface area contributed by atoms with Gasteiger partial charge in [-0.15, -0.1) is 0 Å². The summed E-state index contributed by atoms with van der Waals surface area (Å²) in [5, 5.41) is 5.72. The number of hydrogen-bond donors (Lipinski definition) is 1. The number of alkyl halides is 3. The van der Waals surface area contributed by atoms with E-state index in [9.17, 15) is 22.8 Å². The highest BCUT2D eigenvalue weighted by molar-refractivity contribution is 6.07. The van der Waals surface area contributed by atoms with Crippen LogP contribution in [0.4, 0.5) is 13.2 Å². The molecule has 0 unspecified atom stereocenters. The molecule has 0 bridgehead atoms. The SMILES string of the molecule is Cc1cc2[nH]c(=O)c3cnn(C4CCOCC4)c3c2cc1C(=O)N1CCC(OCC(F)(F)F)CC1. The second-order valence-electron chi connectivity index (χ2n) is 9.28. The minimum atomic E-state index is -4.36. The summed E-state index contributed by atoms with van der Waals surface area (Å²) in [6.07, 6.45) is -1.04. The zero-order chi connectivity index (χ0) is 24.7. The third kappa shape index (κ3) is 4.79. The van der Waals surface area contributed by atoms with Crippen LogP contribution < -0.4 is 5.56 Å². The molecule has 0 atom stereocenters. The fourth-order valence-electron chi connectivity index (χ4n) is 5.04. The van der Waals surface area contributed by atoms with Crippen LogP contribution in [0.1, 0.15) is 47.6 Å². The Bertz CT molecular complexity index is 1300. The van der Waals surface area contributed by atoms with Crippen LogP contribution in [0.25, 0.3) is 21.8 Å². The summed E-state index contributed by atoms with van der Waals surface area (Å²) >= 11 is 0. The fourth-order valence-corrected chi connectivity index (χ4v) is 5.04. The summed E-state index contributed by atoms with van der Waals surface area (Å²) in [5.41, 5.74) is 2.31. The molecule has 1 N–H and O–H groups in total. The first-order valence-corrected chi connectivity index (χ1v) is 11.8. The Kier molecular flexibility index (Phi) is 6.30. The van der Waals surface area contributed by atoms with Gasteiger partial charge in [-0.25, -0.2) is 0 Å². The number of benzene rings is 1. The van der Waals surface area contributed by atoms with Crippen molar-refractivity contribution in [1.29, 1.82) is 0 Å². The van der Waals surface area contributed by atoms with E-state index in [0.29, 0.717) is 66.7 Å². The van der Waals surface area contributed by atoms with E-state index in [0.717, 1.165) is 18.2 Å². The van der Waals surface area contributed by atoms with Crippen LogP contribution in [0.2, 0.25) is 0 Å². The topological polar surface area (TPSA) is 89.4 Å². The average Bonchev–Trinajstić information content (AvgIpc) is 3.29. The molecular formula is C24H27F3N4O4. The second-order valence-corrected chi connectivity index (χ2v) is 9.28. The van der Waals surface area contributed by atoms with E-state index >= 15 is 0 Å². The van der Waals surface area contributed by atoms with Gasteiger partial charge in [-0.05, 0) is 50.3 Å². The van der Waals surface area contributed by atoms with Crippen LogP contribution in [0.15, 0.2) is 23.1 Å². The average molecular weight is 492 g/mol. The highest BCUT2D eigenvalue weighted by Crippen LogP contribution is 2.30. The maximum atomic E-state index is 13.4. The Balaban J connectivity index is 1.45. The minimum absolute atomic E-state index is 0.0995. The molecule has 2 fully saturated rings. The molecule has 5 rings (SSSR count). The molecule has 2 aromatic heterocycles. The number of ether oxygens (including phenoxy) is 2. The number of likely N-dealkylation sites (tertiary alicyclic amines) is 1. The molecule has 0 aliphatic carbocycles. The molecule has 188 valence electrons. The maximum Gasteiger partial charge on any atom is 0.411 e. The summed E-state index contributed by atoms with van der Waals surface area (Å²) in [5.74, 6) is -0.185. The lowest BCUT2D eigenvalue weighted by Gasteiger charge is -2.32. The number of aromatic nitrogens is 3. The van der Waals surface area contributed by atoms with Crippen molar-refractivity contribution in [2.75, 3.05) is 32.9 Å². The highest BCUT2D eigenvalue weighted by Gasteiger charge is 2.32. The Morgan fingerprint density at radius 2 is 1.89 bits per heavy atom. The Labute approximate surface area is 199 Å². The van der Waals surface area contributed by atoms with E-state index < -0.39 is 18.9 Å². The molecule has 2 aliphatic rings. The van der Waals surface area contributed by atoms with Gasteiger partial charge < -0.3 is 19.4 Å². The van der Waals surface area contributed by atoms with E-state index in [1.54, 1.807) is 23.2 Å². The Morgan fingerprint density at radius 1 is 1.17 bits per heavy atom. The van der Waals surface area contributed by atoms with Crippen molar-refractivity contribution in [1.82, 2.24) is 19.7 Å². The standard InChI is InChI=1S/C24H27F3N4O4/c1-14-10-20-18(21-19(22(32)29-20)12-28-31(21)15-4-8-34-9-5-15)11-17(14)23(33)30-6-2-16(3-7-30)35-13-24(25,26)27/h10-12,15-16H,2-9,13H2,1H3,(H,29,32). The predicted octanol–water partition coefficient (Wildman–Crippen LogP) is 3.72. The molecule has 3 aromatic rings. The lowest BCUT2D eigenvalue weighted by atomic mass is 10.0. The fraction of sp³-hybridized carbons (Fsp3) is 0.542. The molecule has 11 heteroatoms. The summed E-state index contributed by atoms with van der Waals surface area (Å²) in [7, 11) is 0. The van der Waals surface area contributed by atoms with Crippen LogP contribution in [-0.2, 0) is 9.47 Å². The van der Waals surface area contributed by atoms with Crippen LogP contribution in [0, 0.1) is 6.92 Å². The summed E-state index contributed by atoms with van der Waals surface area (Å²) in [6, 6.07) is 3.70. The predicted molar refractivity (Wildman–Crippen MR) is 123 cm³/mol. The van der Waals surface area contributed by atoms with E-state index in [4.69, 9.17) is 9.47 Å². The first-order valence-electron chi connectivity index (χ1n) is 11.8. The number of halogens is 3. The number of piperidine rings is 1. The van der Waals surface area contributed by atoms with Crippen molar-refractivity contribution in [2.24, 2.45) is 0 Å². The van der Waals surface area contributed by atoms with Gasteiger partial charge in [0.05, 0.1) is 34.8 Å². The van der Waals surface area contributed by atoms with Gasteiger partial charge in [-0.2, -0.15) is 18.3 Å². The first kappa shape index (κ1) is 23.8. The van der Waals surface area contributed by atoms with Gasteiger partial charge in [0, 0.05) is 37.3 Å². The van der Waals surface area contributed by atoms with Crippen molar-refractivity contribution in [3.8, 4) is 0 Å². The number of nitrogens with one attached hydrogen (secondary N) is 1. The number of pyridine rings is 1. The third-order valence-corrected chi connectivity index (χ3v) is 6.89. The number of nitrogens with zero attached hydrogens (tertiary/aromatic N) is 3. The quantitative estimate of drug-likeness (QED) is 0.600. The van der Waals surface area contributed by atoms with E-state index in [1.807, 2.05) is 11.6 Å². The van der Waals surface area contributed by atoms with E-state index in [-0.39, 0.29) is 17.5 Å². The monoisotopic (exact) mass is 492 g/mol. The van der Waals surface area contributed by atoms with Gasteiger partial charge in [-0.3, -0.25) is 14.3 Å². The van der Waals surface area contributed by atoms with Crippen molar-refractivity contribution in [3.05, 3.63) is 39.8 Å². The summed E-state index contributed by atoms with van der Waals surface area (Å²) in [6.45, 7) is 2.42. The Morgan fingerprint density at radius 3 is 2.57 bits per heavy atom. The lowest BCUT2D eigenvalue weighted by molar-refractivity contribution is -0.188. The number of amides is 1. The zero-order valence-corrected chi connectivity index (χ0v) is 19.4. The molecule has 0 spiro atoms. The van der Waals surface area contributed by atoms with Gasteiger partial charge >= 0.3 is 6.18 Å². The molecule has 0 radical (unpaired) electrons.